The highest BCUT2D eigenvalue weighted by atomic mass is 16.6. The minimum Gasteiger partial charge on any atom is -0.489 e. The highest BCUT2D eigenvalue weighted by Gasteiger charge is 2.11. The van der Waals surface area contributed by atoms with Crippen LogP contribution < -0.4 is 10.1 Å². The van der Waals surface area contributed by atoms with Crippen LogP contribution in [-0.2, 0) is 6.54 Å². The Morgan fingerprint density at radius 3 is 2.91 bits per heavy atom. The Bertz CT molecular complexity index is 686. The number of nitro groups is 1. The van der Waals surface area contributed by atoms with Crippen molar-refractivity contribution >= 4 is 11.5 Å². The van der Waals surface area contributed by atoms with Gasteiger partial charge in [0.1, 0.15) is 24.4 Å². The number of aryl methyl sites for hydroxylation is 1. The molecule has 1 aromatic carbocycles. The van der Waals surface area contributed by atoms with E-state index in [4.69, 9.17) is 4.74 Å². The predicted molar refractivity (Wildman–Crippen MR) is 85.1 cm³/mol. The van der Waals surface area contributed by atoms with E-state index in [0.717, 1.165) is 11.3 Å². The summed E-state index contributed by atoms with van der Waals surface area (Å²) in [5.41, 5.74) is 1.56. The molecule has 0 aliphatic carbocycles. The van der Waals surface area contributed by atoms with Crippen LogP contribution in [0.3, 0.4) is 0 Å². The first-order valence-corrected chi connectivity index (χ1v) is 6.78. The Morgan fingerprint density at radius 2 is 2.23 bits per heavy atom. The third-order valence-electron chi connectivity index (χ3n) is 3.07. The number of benzene rings is 1. The van der Waals surface area contributed by atoms with E-state index in [1.165, 1.54) is 6.20 Å². The van der Waals surface area contributed by atoms with E-state index in [1.54, 1.807) is 19.1 Å². The standard InChI is InChI=1S/C16H17N3O3/c1-3-8-22-15-7-5-4-6-13(15)10-17-16-9-12(2)14(11-18-16)19(20)21/h3-7,9,11H,1,8,10H2,2H3,(H,17,18). The summed E-state index contributed by atoms with van der Waals surface area (Å²) in [6.45, 7) is 6.26. The third kappa shape index (κ3) is 3.82. The fraction of sp³-hybridized carbons (Fsp3) is 0.188. The Labute approximate surface area is 128 Å². The normalized spacial score (nSPS) is 10.0. The van der Waals surface area contributed by atoms with Crippen LogP contribution in [0.2, 0.25) is 0 Å². The largest absolute Gasteiger partial charge is 0.489 e. The van der Waals surface area contributed by atoms with Crippen molar-refractivity contribution in [3.8, 4) is 5.75 Å². The Hall–Kier alpha value is -2.89. The smallest absolute Gasteiger partial charge is 0.290 e. The lowest BCUT2D eigenvalue weighted by atomic mass is 10.2. The molecule has 114 valence electrons. The van der Waals surface area contributed by atoms with Crippen LogP contribution in [0.15, 0.2) is 49.2 Å². The molecule has 0 saturated heterocycles. The Kier molecular flexibility index (Phi) is 5.08. The zero-order valence-corrected chi connectivity index (χ0v) is 12.3. The van der Waals surface area contributed by atoms with Gasteiger partial charge < -0.3 is 10.1 Å². The van der Waals surface area contributed by atoms with Crippen molar-refractivity contribution in [2.45, 2.75) is 13.5 Å². The van der Waals surface area contributed by atoms with Gasteiger partial charge >= 0.3 is 0 Å². The van der Waals surface area contributed by atoms with Crippen molar-refractivity contribution in [1.29, 1.82) is 0 Å². The quantitative estimate of drug-likeness (QED) is 0.481. The number of hydrogen-bond donors (Lipinski definition) is 1. The molecule has 0 saturated carbocycles. The van der Waals surface area contributed by atoms with Crippen LogP contribution in [-0.4, -0.2) is 16.5 Å². The van der Waals surface area contributed by atoms with E-state index in [2.05, 4.69) is 16.9 Å². The van der Waals surface area contributed by atoms with Crippen LogP contribution in [0.5, 0.6) is 5.75 Å². The van der Waals surface area contributed by atoms with E-state index >= 15 is 0 Å². The second-order valence-corrected chi connectivity index (χ2v) is 4.67. The number of nitrogens with zero attached hydrogens (tertiary/aromatic N) is 2. The molecule has 0 bridgehead atoms. The zero-order valence-electron chi connectivity index (χ0n) is 12.3. The maximum absolute atomic E-state index is 10.8. The summed E-state index contributed by atoms with van der Waals surface area (Å²) in [6.07, 6.45) is 2.95. The third-order valence-corrected chi connectivity index (χ3v) is 3.07. The molecule has 0 aliphatic heterocycles. The van der Waals surface area contributed by atoms with Crippen molar-refractivity contribution in [3.63, 3.8) is 0 Å². The van der Waals surface area contributed by atoms with E-state index in [1.807, 2.05) is 24.3 Å². The van der Waals surface area contributed by atoms with Crippen LogP contribution in [0.1, 0.15) is 11.1 Å². The molecule has 0 atom stereocenters. The Morgan fingerprint density at radius 1 is 1.45 bits per heavy atom. The molecule has 2 aromatic rings. The molecule has 0 amide bonds. The van der Waals surface area contributed by atoms with Crippen LogP contribution in [0.25, 0.3) is 0 Å². The lowest BCUT2D eigenvalue weighted by molar-refractivity contribution is -0.385. The molecule has 0 fully saturated rings. The van der Waals surface area contributed by atoms with E-state index in [9.17, 15) is 10.1 Å². The molecule has 1 N–H and O–H groups in total. The number of aromatic nitrogens is 1. The maximum atomic E-state index is 10.8. The Balaban J connectivity index is 2.08. The SMILES string of the molecule is C=CCOc1ccccc1CNc1cc(C)c([N+](=O)[O-])cn1. The van der Waals surface area contributed by atoms with Gasteiger partial charge in [0.15, 0.2) is 0 Å². The molecule has 6 nitrogen and oxygen atoms in total. The number of ether oxygens (including phenoxy) is 1. The molecule has 6 heteroatoms. The number of rotatable bonds is 7. The van der Waals surface area contributed by atoms with Crippen molar-refractivity contribution in [1.82, 2.24) is 4.98 Å². The van der Waals surface area contributed by atoms with Crippen LogP contribution in [0, 0.1) is 17.0 Å². The van der Waals surface area contributed by atoms with E-state index in [0.29, 0.717) is 24.5 Å². The van der Waals surface area contributed by atoms with Gasteiger partial charge in [0, 0.05) is 17.7 Å². The van der Waals surface area contributed by atoms with Gasteiger partial charge in [-0.15, -0.1) is 0 Å². The summed E-state index contributed by atoms with van der Waals surface area (Å²) in [5, 5.41) is 13.9. The molecule has 0 radical (unpaired) electrons. The molecule has 1 aromatic heterocycles. The maximum Gasteiger partial charge on any atom is 0.290 e. The van der Waals surface area contributed by atoms with Gasteiger partial charge in [-0.3, -0.25) is 10.1 Å². The van der Waals surface area contributed by atoms with Crippen molar-refractivity contribution < 1.29 is 9.66 Å². The summed E-state index contributed by atoms with van der Waals surface area (Å²) < 4.78 is 5.58. The van der Waals surface area contributed by atoms with Crippen molar-refractivity contribution in [2.24, 2.45) is 0 Å². The van der Waals surface area contributed by atoms with Gasteiger partial charge in [0.2, 0.25) is 0 Å². The molecular formula is C16H17N3O3. The summed E-state index contributed by atoms with van der Waals surface area (Å²) in [4.78, 5) is 14.4. The van der Waals surface area contributed by atoms with Crippen molar-refractivity contribution in [2.75, 3.05) is 11.9 Å². The highest BCUT2D eigenvalue weighted by Crippen LogP contribution is 2.21. The average Bonchev–Trinajstić information content (AvgIpc) is 2.51. The number of para-hydroxylation sites is 1. The minimum absolute atomic E-state index is 0.0141. The summed E-state index contributed by atoms with van der Waals surface area (Å²) in [7, 11) is 0. The molecule has 0 unspecified atom stereocenters. The van der Waals surface area contributed by atoms with E-state index in [-0.39, 0.29) is 5.69 Å². The monoisotopic (exact) mass is 299 g/mol. The molecule has 22 heavy (non-hydrogen) atoms. The van der Waals surface area contributed by atoms with Gasteiger partial charge in [0.25, 0.3) is 5.69 Å². The number of anilines is 1. The van der Waals surface area contributed by atoms with Crippen LogP contribution >= 0.6 is 0 Å². The second-order valence-electron chi connectivity index (χ2n) is 4.67. The first-order chi connectivity index (χ1) is 10.6. The highest BCUT2D eigenvalue weighted by molar-refractivity contribution is 5.47. The van der Waals surface area contributed by atoms with E-state index < -0.39 is 4.92 Å². The second kappa shape index (κ2) is 7.21. The first kappa shape index (κ1) is 15.5. The number of hydrogen-bond acceptors (Lipinski definition) is 5. The van der Waals surface area contributed by atoms with Gasteiger partial charge in [-0.05, 0) is 19.1 Å². The molecule has 2 rings (SSSR count). The van der Waals surface area contributed by atoms with Crippen molar-refractivity contribution in [3.05, 3.63) is 70.4 Å². The predicted octanol–water partition coefficient (Wildman–Crippen LogP) is 3.48. The lowest BCUT2D eigenvalue weighted by Crippen LogP contribution is -2.05. The molecular weight excluding hydrogens is 282 g/mol. The molecule has 0 spiro atoms. The van der Waals surface area contributed by atoms with Crippen LogP contribution in [0.4, 0.5) is 11.5 Å². The van der Waals surface area contributed by atoms with Gasteiger partial charge in [-0.1, -0.05) is 30.9 Å². The summed E-state index contributed by atoms with van der Waals surface area (Å²) >= 11 is 0. The first-order valence-electron chi connectivity index (χ1n) is 6.78. The lowest BCUT2D eigenvalue weighted by Gasteiger charge is -2.11. The topological polar surface area (TPSA) is 77.3 Å². The summed E-state index contributed by atoms with van der Waals surface area (Å²) in [5.74, 6) is 1.36. The number of pyridine rings is 1. The fourth-order valence-corrected chi connectivity index (χ4v) is 1.96. The minimum atomic E-state index is -0.440. The summed E-state index contributed by atoms with van der Waals surface area (Å²) in [6, 6.07) is 9.31. The van der Waals surface area contributed by atoms with Gasteiger partial charge in [0.05, 0.1) is 4.92 Å². The van der Waals surface area contributed by atoms with Gasteiger partial charge in [-0.2, -0.15) is 0 Å². The molecule has 1 heterocycles. The zero-order chi connectivity index (χ0) is 15.9. The molecule has 0 aliphatic rings. The van der Waals surface area contributed by atoms with Gasteiger partial charge in [-0.25, -0.2) is 4.98 Å². The number of nitrogens with one attached hydrogen (secondary N) is 1. The fourth-order valence-electron chi connectivity index (χ4n) is 1.96. The average molecular weight is 299 g/mol.